The predicted molar refractivity (Wildman–Crippen MR) is 94.3 cm³/mol. The van der Waals surface area contributed by atoms with Crippen LogP contribution in [0.2, 0.25) is 0 Å². The molecule has 0 rings (SSSR count). The zero-order valence-corrected chi connectivity index (χ0v) is 18.3. The Morgan fingerprint density at radius 2 is 0.739 bits per heavy atom. The maximum atomic E-state index is 11.2. The van der Waals surface area contributed by atoms with Crippen LogP contribution in [0.4, 0.5) is 0 Å². The molecule has 0 unspecified atom stereocenters. The van der Waals surface area contributed by atoms with Gasteiger partial charge in [-0.2, -0.15) is 0 Å². The van der Waals surface area contributed by atoms with E-state index >= 15 is 0 Å². The molecule has 0 amide bonds. The Labute approximate surface area is 154 Å². The van der Waals surface area contributed by atoms with Crippen molar-refractivity contribution in [3.63, 3.8) is 0 Å². The molecule has 0 aromatic carbocycles. The fourth-order valence-corrected chi connectivity index (χ4v) is 5.46. The molecular weight excluding hydrogens is 374 g/mol. The van der Waals surface area contributed by atoms with Crippen LogP contribution < -0.4 is 9.79 Å². The second-order valence-electron chi connectivity index (χ2n) is 5.94. The fraction of sp³-hybridized carbons (Fsp3) is 1.00. The van der Waals surface area contributed by atoms with Gasteiger partial charge in [0, 0.05) is 14.7 Å². The summed E-state index contributed by atoms with van der Waals surface area (Å²) in [6.45, 7) is 8.05. The van der Waals surface area contributed by atoms with E-state index in [2.05, 4.69) is 0 Å². The topological polar surface area (TPSA) is 80.3 Å². The van der Waals surface area contributed by atoms with Crippen molar-refractivity contribution in [1.29, 1.82) is 0 Å². The van der Waals surface area contributed by atoms with Gasteiger partial charge in [-0.05, 0) is 50.3 Å². The number of hydrogen-bond donors (Lipinski definition) is 0. The van der Waals surface area contributed by atoms with Crippen molar-refractivity contribution >= 4 is 14.7 Å². The molecule has 0 aliphatic rings. The van der Waals surface area contributed by atoms with Crippen molar-refractivity contribution in [3.8, 4) is 0 Å². The Hall–Kier alpha value is 0.899. The number of hydrogen-bond acceptors (Lipinski definition) is 4. The van der Waals surface area contributed by atoms with Gasteiger partial charge in [0.05, 0.1) is 0 Å². The van der Waals surface area contributed by atoms with Crippen LogP contribution >= 0.6 is 14.7 Å². The summed E-state index contributed by atoms with van der Waals surface area (Å²) in [7, 11) is -5.95. The molecule has 7 heteroatoms. The van der Waals surface area contributed by atoms with Gasteiger partial charge in [0.1, 0.15) is 0 Å². The van der Waals surface area contributed by atoms with Crippen molar-refractivity contribution < 1.29 is 36.0 Å². The van der Waals surface area contributed by atoms with E-state index in [0.717, 1.165) is 51.4 Å². The summed E-state index contributed by atoms with van der Waals surface area (Å²) in [6.07, 6.45) is 8.80. The molecular formula is C16H36FeO4P2. The van der Waals surface area contributed by atoms with Crippen LogP contribution in [-0.2, 0) is 26.2 Å². The summed E-state index contributed by atoms with van der Waals surface area (Å²) in [5.74, 6) is 0. The standard InChI is InChI=1S/2C8H19O2P.Fe/c2*1-3-5-7-11(9,10)8-6-4-2;/h2*3-8H2,1-2H3,(H,9,10);/q;;+2/p-2. The van der Waals surface area contributed by atoms with Crippen molar-refractivity contribution in [2.75, 3.05) is 24.6 Å². The van der Waals surface area contributed by atoms with Gasteiger partial charge in [-0.15, -0.1) is 0 Å². The number of unbranched alkanes of at least 4 members (excludes halogenated alkanes) is 4. The quantitative estimate of drug-likeness (QED) is 0.352. The third kappa shape index (κ3) is 22.9. The third-order valence-electron chi connectivity index (χ3n) is 3.41. The Kier molecular flexibility index (Phi) is 22.1. The van der Waals surface area contributed by atoms with E-state index in [9.17, 15) is 18.9 Å². The van der Waals surface area contributed by atoms with E-state index in [1.165, 1.54) is 0 Å². The average molecular weight is 410 g/mol. The molecule has 0 spiro atoms. The molecule has 142 valence electrons. The first kappa shape index (κ1) is 28.7. The van der Waals surface area contributed by atoms with Crippen molar-refractivity contribution in [2.24, 2.45) is 0 Å². The molecule has 0 aromatic heterocycles. The van der Waals surface area contributed by atoms with Gasteiger partial charge >= 0.3 is 17.1 Å². The number of rotatable bonds is 12. The second kappa shape index (κ2) is 17.7. The van der Waals surface area contributed by atoms with Gasteiger partial charge in [0.15, 0.2) is 0 Å². The molecule has 0 atom stereocenters. The smallest absolute Gasteiger partial charge is 0.799 e. The Bertz CT molecular complexity index is 282. The summed E-state index contributed by atoms with van der Waals surface area (Å²) in [5, 5.41) is 0. The van der Waals surface area contributed by atoms with Gasteiger partial charge in [0.2, 0.25) is 0 Å². The molecule has 0 aliphatic carbocycles. The minimum atomic E-state index is -2.98. The molecule has 0 aliphatic heterocycles. The SMILES string of the molecule is CCCCP(=O)([O-])CCCC.CCCCP(=O)([O-])CCCC.[Fe+2]. The minimum Gasteiger partial charge on any atom is -0.799 e. The van der Waals surface area contributed by atoms with E-state index in [-0.39, 0.29) is 17.1 Å². The maximum Gasteiger partial charge on any atom is 2.00 e. The molecule has 23 heavy (non-hydrogen) atoms. The van der Waals surface area contributed by atoms with Crippen LogP contribution in [0.15, 0.2) is 0 Å². The van der Waals surface area contributed by atoms with Crippen LogP contribution in [0.25, 0.3) is 0 Å². The first-order valence-corrected chi connectivity index (χ1v) is 12.8. The van der Waals surface area contributed by atoms with Crippen LogP contribution in [0, 0.1) is 0 Å². The second-order valence-corrected chi connectivity index (χ2v) is 11.0. The molecule has 0 bridgehead atoms. The van der Waals surface area contributed by atoms with Gasteiger partial charge < -0.3 is 18.9 Å². The summed E-state index contributed by atoms with van der Waals surface area (Å²) >= 11 is 0. The van der Waals surface area contributed by atoms with E-state index in [0.29, 0.717) is 24.6 Å². The summed E-state index contributed by atoms with van der Waals surface area (Å²) in [4.78, 5) is 22.4. The Morgan fingerprint density at radius 3 is 0.870 bits per heavy atom. The summed E-state index contributed by atoms with van der Waals surface area (Å²) in [5.41, 5.74) is 0. The first-order chi connectivity index (χ1) is 10.2. The summed E-state index contributed by atoms with van der Waals surface area (Å²) < 4.78 is 22.4. The van der Waals surface area contributed by atoms with Gasteiger partial charge in [-0.25, -0.2) is 0 Å². The van der Waals surface area contributed by atoms with Crippen LogP contribution in [-0.4, -0.2) is 24.6 Å². The van der Waals surface area contributed by atoms with E-state index in [1.54, 1.807) is 0 Å². The van der Waals surface area contributed by atoms with Crippen molar-refractivity contribution in [1.82, 2.24) is 0 Å². The Morgan fingerprint density at radius 1 is 0.565 bits per heavy atom. The van der Waals surface area contributed by atoms with Gasteiger partial charge in [0.25, 0.3) is 0 Å². The van der Waals surface area contributed by atoms with Crippen LogP contribution in [0.1, 0.15) is 79.1 Å². The van der Waals surface area contributed by atoms with Gasteiger partial charge in [-0.1, -0.05) is 53.4 Å². The molecule has 0 fully saturated rings. The predicted octanol–water partition coefficient (Wildman–Crippen LogP) is 4.45. The first-order valence-electron chi connectivity index (χ1n) is 8.82. The van der Waals surface area contributed by atoms with Gasteiger partial charge in [-0.3, -0.25) is 0 Å². The zero-order chi connectivity index (χ0) is 17.5. The zero-order valence-electron chi connectivity index (χ0n) is 15.4. The normalized spacial score (nSPS) is 11.4. The molecule has 0 radical (unpaired) electrons. The monoisotopic (exact) mass is 410 g/mol. The Balaban J connectivity index is -0.000000333. The molecule has 0 heterocycles. The van der Waals surface area contributed by atoms with Crippen LogP contribution in [0.5, 0.6) is 0 Å². The molecule has 0 saturated heterocycles. The maximum absolute atomic E-state index is 11.2. The minimum absolute atomic E-state index is 0. The van der Waals surface area contributed by atoms with Crippen LogP contribution in [0.3, 0.4) is 0 Å². The third-order valence-corrected chi connectivity index (χ3v) is 7.40. The largest absolute Gasteiger partial charge is 2.00 e. The molecule has 0 aromatic rings. The van der Waals surface area contributed by atoms with E-state index < -0.39 is 14.7 Å². The van der Waals surface area contributed by atoms with Crippen molar-refractivity contribution in [3.05, 3.63) is 0 Å². The summed E-state index contributed by atoms with van der Waals surface area (Å²) in [6, 6.07) is 0. The van der Waals surface area contributed by atoms with E-state index in [1.807, 2.05) is 27.7 Å². The molecule has 0 N–H and O–H groups in total. The fourth-order valence-electron chi connectivity index (χ4n) is 1.82. The molecule has 4 nitrogen and oxygen atoms in total. The molecule has 0 saturated carbocycles. The van der Waals surface area contributed by atoms with E-state index in [4.69, 9.17) is 0 Å². The van der Waals surface area contributed by atoms with Crippen molar-refractivity contribution in [2.45, 2.75) is 79.1 Å². The average Bonchev–Trinajstić information content (AvgIpc) is 2.48.